The molecule has 0 aliphatic rings. The molecule has 0 unspecified atom stereocenters. The molecule has 3 rings (SSSR count). The van der Waals surface area contributed by atoms with Gasteiger partial charge in [-0.1, -0.05) is 54.1 Å². The van der Waals surface area contributed by atoms with Crippen molar-refractivity contribution in [2.75, 3.05) is 0 Å². The van der Waals surface area contributed by atoms with Gasteiger partial charge in [0.2, 0.25) is 0 Å². The predicted octanol–water partition coefficient (Wildman–Crippen LogP) is 5.43. The summed E-state index contributed by atoms with van der Waals surface area (Å²) in [7, 11) is 0. The second-order valence-corrected chi connectivity index (χ2v) is 5.31. The molecular weight excluding hydrogens is 228 g/mol. The number of benzene rings is 3. The quantitative estimate of drug-likeness (QED) is 0.537. The maximum atomic E-state index is 2.28. The monoisotopic (exact) mass is 246 g/mol. The lowest BCUT2D eigenvalue weighted by Crippen LogP contribution is -1.85. The van der Waals surface area contributed by atoms with Crippen LogP contribution in [0.1, 0.15) is 16.7 Å². The SMILES string of the molecule is Cc1ccc(-c2ccc3c(C)c(C)ccc3c2)cc1. The molecular formula is C19H18. The van der Waals surface area contributed by atoms with Crippen molar-refractivity contribution in [2.24, 2.45) is 0 Å². The smallest absolute Gasteiger partial charge is 0.0152 e. The third-order valence-electron chi connectivity index (χ3n) is 3.94. The summed E-state index contributed by atoms with van der Waals surface area (Å²) < 4.78 is 0. The molecule has 94 valence electrons. The van der Waals surface area contributed by atoms with Crippen LogP contribution in [0.2, 0.25) is 0 Å². The molecule has 0 amide bonds. The molecule has 0 aliphatic heterocycles. The summed E-state index contributed by atoms with van der Waals surface area (Å²) in [6.07, 6.45) is 0. The highest BCUT2D eigenvalue weighted by Crippen LogP contribution is 2.27. The molecule has 19 heavy (non-hydrogen) atoms. The Labute approximate surface area is 114 Å². The molecule has 0 heterocycles. The van der Waals surface area contributed by atoms with Gasteiger partial charge in [-0.05, 0) is 59.9 Å². The van der Waals surface area contributed by atoms with Crippen molar-refractivity contribution in [1.29, 1.82) is 0 Å². The van der Waals surface area contributed by atoms with Crippen molar-refractivity contribution in [3.05, 3.63) is 71.3 Å². The van der Waals surface area contributed by atoms with Crippen LogP contribution in [0.3, 0.4) is 0 Å². The van der Waals surface area contributed by atoms with Crippen molar-refractivity contribution in [1.82, 2.24) is 0 Å². The van der Waals surface area contributed by atoms with Crippen molar-refractivity contribution in [2.45, 2.75) is 20.8 Å². The van der Waals surface area contributed by atoms with Gasteiger partial charge in [0.1, 0.15) is 0 Å². The molecule has 0 bridgehead atoms. The van der Waals surface area contributed by atoms with Gasteiger partial charge in [0.05, 0.1) is 0 Å². The first-order valence-electron chi connectivity index (χ1n) is 6.72. The Hall–Kier alpha value is -2.08. The number of rotatable bonds is 1. The minimum Gasteiger partial charge on any atom is -0.0587 e. The molecule has 0 N–H and O–H groups in total. The van der Waals surface area contributed by atoms with Gasteiger partial charge in [-0.25, -0.2) is 0 Å². The molecule has 0 fully saturated rings. The third kappa shape index (κ3) is 2.15. The van der Waals surface area contributed by atoms with E-state index in [2.05, 4.69) is 75.4 Å². The fourth-order valence-electron chi connectivity index (χ4n) is 2.52. The summed E-state index contributed by atoms with van der Waals surface area (Å²) in [5, 5.41) is 2.68. The molecule has 0 spiro atoms. The molecule has 0 heteroatoms. The summed E-state index contributed by atoms with van der Waals surface area (Å²) >= 11 is 0. The van der Waals surface area contributed by atoms with Gasteiger partial charge >= 0.3 is 0 Å². The lowest BCUT2D eigenvalue weighted by Gasteiger charge is -2.08. The van der Waals surface area contributed by atoms with Crippen molar-refractivity contribution in [3.63, 3.8) is 0 Å². The van der Waals surface area contributed by atoms with Crippen LogP contribution in [0.25, 0.3) is 21.9 Å². The van der Waals surface area contributed by atoms with Crippen LogP contribution in [-0.2, 0) is 0 Å². The molecule has 0 saturated heterocycles. The Morgan fingerprint density at radius 2 is 1.32 bits per heavy atom. The van der Waals surface area contributed by atoms with Gasteiger partial charge in [-0.2, -0.15) is 0 Å². The fraction of sp³-hybridized carbons (Fsp3) is 0.158. The van der Waals surface area contributed by atoms with Crippen molar-refractivity contribution < 1.29 is 0 Å². The Bertz CT molecular complexity index is 734. The van der Waals surface area contributed by atoms with E-state index in [9.17, 15) is 0 Å². The summed E-state index contributed by atoms with van der Waals surface area (Å²) in [6.45, 7) is 6.49. The largest absolute Gasteiger partial charge is 0.0587 e. The lowest BCUT2D eigenvalue weighted by molar-refractivity contribution is 1.38. The standard InChI is InChI=1S/C19H18/c1-13-4-7-16(8-5-13)17-10-11-19-15(3)14(2)6-9-18(19)12-17/h4-12H,1-3H3. The Morgan fingerprint density at radius 1 is 0.632 bits per heavy atom. The summed E-state index contributed by atoms with van der Waals surface area (Å²) in [5.41, 5.74) is 6.61. The average molecular weight is 246 g/mol. The first-order chi connectivity index (χ1) is 9.15. The van der Waals surface area contributed by atoms with Crippen molar-refractivity contribution >= 4 is 10.8 Å². The van der Waals surface area contributed by atoms with Gasteiger partial charge in [-0.15, -0.1) is 0 Å². The van der Waals surface area contributed by atoms with Crippen LogP contribution in [-0.4, -0.2) is 0 Å². The molecule has 0 radical (unpaired) electrons. The van der Waals surface area contributed by atoms with Gasteiger partial charge in [0, 0.05) is 0 Å². The Balaban J connectivity index is 2.17. The molecule has 0 nitrogen and oxygen atoms in total. The number of aryl methyl sites for hydroxylation is 3. The predicted molar refractivity (Wildman–Crippen MR) is 83.6 cm³/mol. The van der Waals surface area contributed by atoms with Gasteiger partial charge < -0.3 is 0 Å². The van der Waals surface area contributed by atoms with E-state index >= 15 is 0 Å². The fourth-order valence-corrected chi connectivity index (χ4v) is 2.52. The highest BCUT2D eigenvalue weighted by atomic mass is 14.1. The Morgan fingerprint density at radius 3 is 2.05 bits per heavy atom. The normalized spacial score (nSPS) is 10.9. The summed E-state index contributed by atoms with van der Waals surface area (Å²) in [4.78, 5) is 0. The van der Waals surface area contributed by atoms with Gasteiger partial charge in [-0.3, -0.25) is 0 Å². The van der Waals surface area contributed by atoms with E-state index in [4.69, 9.17) is 0 Å². The topological polar surface area (TPSA) is 0 Å². The van der Waals surface area contributed by atoms with E-state index in [0.29, 0.717) is 0 Å². The molecule has 3 aromatic rings. The molecule has 0 aliphatic carbocycles. The first-order valence-corrected chi connectivity index (χ1v) is 6.72. The maximum Gasteiger partial charge on any atom is -0.0152 e. The van der Waals surface area contributed by atoms with E-state index in [1.165, 1.54) is 38.6 Å². The third-order valence-corrected chi connectivity index (χ3v) is 3.94. The van der Waals surface area contributed by atoms with Gasteiger partial charge in [0.25, 0.3) is 0 Å². The molecule has 0 aromatic heterocycles. The second kappa shape index (κ2) is 4.55. The summed E-state index contributed by atoms with van der Waals surface area (Å²) in [6, 6.07) is 19.9. The number of fused-ring (bicyclic) bond motifs is 1. The average Bonchev–Trinajstić information content (AvgIpc) is 2.43. The van der Waals surface area contributed by atoms with Crippen LogP contribution >= 0.6 is 0 Å². The minimum atomic E-state index is 1.28. The zero-order valence-corrected chi connectivity index (χ0v) is 11.7. The molecule has 0 atom stereocenters. The first kappa shape index (κ1) is 12.0. The Kier molecular flexibility index (Phi) is 2.87. The zero-order chi connectivity index (χ0) is 13.4. The van der Waals surface area contributed by atoms with Crippen LogP contribution < -0.4 is 0 Å². The highest BCUT2D eigenvalue weighted by Gasteiger charge is 2.03. The van der Waals surface area contributed by atoms with E-state index in [0.717, 1.165) is 0 Å². The van der Waals surface area contributed by atoms with Gasteiger partial charge in [0.15, 0.2) is 0 Å². The summed E-state index contributed by atoms with van der Waals surface area (Å²) in [5.74, 6) is 0. The number of hydrogen-bond donors (Lipinski definition) is 0. The van der Waals surface area contributed by atoms with E-state index in [1.807, 2.05) is 0 Å². The van der Waals surface area contributed by atoms with E-state index in [-0.39, 0.29) is 0 Å². The highest BCUT2D eigenvalue weighted by molar-refractivity contribution is 5.90. The van der Waals surface area contributed by atoms with Crippen LogP contribution in [0, 0.1) is 20.8 Å². The van der Waals surface area contributed by atoms with Crippen LogP contribution in [0.15, 0.2) is 54.6 Å². The van der Waals surface area contributed by atoms with E-state index < -0.39 is 0 Å². The van der Waals surface area contributed by atoms with Crippen LogP contribution in [0.5, 0.6) is 0 Å². The lowest BCUT2D eigenvalue weighted by atomic mass is 9.96. The van der Waals surface area contributed by atoms with E-state index in [1.54, 1.807) is 0 Å². The second-order valence-electron chi connectivity index (χ2n) is 5.31. The molecule has 3 aromatic carbocycles. The molecule has 0 saturated carbocycles. The van der Waals surface area contributed by atoms with Crippen LogP contribution in [0.4, 0.5) is 0 Å². The zero-order valence-electron chi connectivity index (χ0n) is 11.7. The minimum absolute atomic E-state index is 1.28. The number of hydrogen-bond acceptors (Lipinski definition) is 0. The van der Waals surface area contributed by atoms with Crippen molar-refractivity contribution in [3.8, 4) is 11.1 Å². The maximum absolute atomic E-state index is 2.28.